The summed E-state index contributed by atoms with van der Waals surface area (Å²) in [6.45, 7) is 4.39. The Bertz CT molecular complexity index is 81.7. The minimum Gasteiger partial charge on any atom is -0.296 e. The Balaban J connectivity index is 3.76. The minimum absolute atomic E-state index is 0.444. The summed E-state index contributed by atoms with van der Waals surface area (Å²) in [5, 5.41) is 3.22. The Kier molecular flexibility index (Phi) is 5.13. The third-order valence-corrected chi connectivity index (χ3v) is 2.67. The molecule has 0 aliphatic rings. The van der Waals surface area contributed by atoms with E-state index >= 15 is 0 Å². The lowest BCUT2D eigenvalue weighted by Gasteiger charge is -2.29. The van der Waals surface area contributed by atoms with Crippen LogP contribution in [-0.2, 0) is 0 Å². The minimum atomic E-state index is 0.444. The van der Waals surface area contributed by atoms with Gasteiger partial charge in [-0.15, -0.1) is 11.8 Å². The first-order chi connectivity index (χ1) is 4.63. The molecule has 0 radical (unpaired) electrons. The van der Waals surface area contributed by atoms with Gasteiger partial charge in [0, 0.05) is 6.04 Å². The second kappa shape index (κ2) is 4.99. The van der Waals surface area contributed by atoms with Gasteiger partial charge in [0.2, 0.25) is 0 Å². The largest absolute Gasteiger partial charge is 0.296 e. The van der Waals surface area contributed by atoms with Crippen molar-refractivity contribution in [3.05, 3.63) is 0 Å². The molecule has 10 heavy (non-hydrogen) atoms. The quantitative estimate of drug-likeness (QED) is 0.625. The van der Waals surface area contributed by atoms with E-state index < -0.39 is 0 Å². The monoisotopic (exact) mass is 162 g/mol. The summed E-state index contributed by atoms with van der Waals surface area (Å²) in [4.78, 5) is 2.30. The van der Waals surface area contributed by atoms with Crippen molar-refractivity contribution in [1.82, 2.24) is 10.2 Å². The third kappa shape index (κ3) is 2.90. The SMILES string of the molecule is CNC(SC)N(C)C(C)C. The molecule has 2 nitrogen and oxygen atoms in total. The van der Waals surface area contributed by atoms with Gasteiger partial charge in [-0.3, -0.25) is 10.2 Å². The molecule has 0 aliphatic heterocycles. The number of thioether (sulfide) groups is 1. The first kappa shape index (κ1) is 10.3. The van der Waals surface area contributed by atoms with Crippen LogP contribution in [0.5, 0.6) is 0 Å². The normalized spacial score (nSPS) is 14.7. The average Bonchev–Trinajstić information content (AvgIpc) is 1.90. The van der Waals surface area contributed by atoms with Crippen LogP contribution < -0.4 is 5.32 Å². The highest BCUT2D eigenvalue weighted by atomic mass is 32.2. The summed E-state index contributed by atoms with van der Waals surface area (Å²) >= 11 is 1.82. The van der Waals surface area contributed by atoms with Crippen molar-refractivity contribution < 1.29 is 0 Å². The van der Waals surface area contributed by atoms with Crippen LogP contribution in [0.3, 0.4) is 0 Å². The standard InChI is InChI=1S/C7H18N2S/c1-6(2)9(4)7(8-3)10-5/h6-8H,1-5H3. The topological polar surface area (TPSA) is 15.3 Å². The number of hydrogen-bond donors (Lipinski definition) is 1. The number of nitrogens with zero attached hydrogens (tertiary/aromatic N) is 1. The van der Waals surface area contributed by atoms with Crippen LogP contribution in [0.1, 0.15) is 13.8 Å². The molecule has 0 bridgehead atoms. The van der Waals surface area contributed by atoms with Crippen molar-refractivity contribution in [2.24, 2.45) is 0 Å². The van der Waals surface area contributed by atoms with Gasteiger partial charge in [0.25, 0.3) is 0 Å². The molecule has 0 saturated heterocycles. The Morgan fingerprint density at radius 3 is 2.00 bits per heavy atom. The summed E-state index contributed by atoms with van der Waals surface area (Å²) in [6.07, 6.45) is 2.11. The average molecular weight is 162 g/mol. The first-order valence-electron chi connectivity index (χ1n) is 3.55. The van der Waals surface area contributed by atoms with E-state index in [2.05, 4.69) is 37.4 Å². The number of hydrogen-bond acceptors (Lipinski definition) is 3. The Morgan fingerprint density at radius 1 is 1.40 bits per heavy atom. The van der Waals surface area contributed by atoms with Crippen molar-refractivity contribution >= 4 is 11.8 Å². The van der Waals surface area contributed by atoms with Crippen LogP contribution in [0.4, 0.5) is 0 Å². The fourth-order valence-electron chi connectivity index (χ4n) is 0.759. The van der Waals surface area contributed by atoms with Crippen LogP contribution in [0.15, 0.2) is 0 Å². The molecule has 0 heterocycles. The molecule has 1 N–H and O–H groups in total. The second-order valence-corrected chi connectivity index (χ2v) is 3.55. The van der Waals surface area contributed by atoms with Crippen molar-refractivity contribution in [3.63, 3.8) is 0 Å². The lowest BCUT2D eigenvalue weighted by molar-refractivity contribution is 0.236. The molecule has 3 heteroatoms. The third-order valence-electron chi connectivity index (χ3n) is 1.65. The second-order valence-electron chi connectivity index (χ2n) is 2.64. The molecule has 0 aromatic carbocycles. The van der Waals surface area contributed by atoms with Crippen molar-refractivity contribution in [2.45, 2.75) is 25.4 Å². The van der Waals surface area contributed by atoms with Crippen LogP contribution in [-0.4, -0.2) is 36.8 Å². The van der Waals surface area contributed by atoms with E-state index in [0.29, 0.717) is 11.5 Å². The molecule has 0 aromatic heterocycles. The maximum Gasteiger partial charge on any atom is 0.107 e. The first-order valence-corrected chi connectivity index (χ1v) is 4.84. The van der Waals surface area contributed by atoms with Crippen molar-refractivity contribution in [3.8, 4) is 0 Å². The molecular weight excluding hydrogens is 144 g/mol. The highest BCUT2D eigenvalue weighted by molar-refractivity contribution is 7.99. The van der Waals surface area contributed by atoms with Gasteiger partial charge < -0.3 is 0 Å². The smallest absolute Gasteiger partial charge is 0.107 e. The lowest BCUT2D eigenvalue weighted by atomic mass is 10.4. The predicted octanol–water partition coefficient (Wildman–Crippen LogP) is 1.19. The molecule has 0 saturated carbocycles. The zero-order chi connectivity index (χ0) is 8.15. The fraction of sp³-hybridized carbons (Fsp3) is 1.00. The van der Waals surface area contributed by atoms with E-state index in [0.717, 1.165) is 0 Å². The maximum atomic E-state index is 3.22. The summed E-state index contributed by atoms with van der Waals surface area (Å²) in [5.74, 6) is 0. The molecule has 0 spiro atoms. The summed E-state index contributed by atoms with van der Waals surface area (Å²) in [7, 11) is 4.11. The molecule has 1 atom stereocenters. The molecule has 0 fully saturated rings. The molecular formula is C7H18N2S. The molecule has 0 rings (SSSR count). The zero-order valence-electron chi connectivity index (χ0n) is 7.51. The van der Waals surface area contributed by atoms with Gasteiger partial charge in [0.15, 0.2) is 0 Å². The maximum absolute atomic E-state index is 3.22. The zero-order valence-corrected chi connectivity index (χ0v) is 8.33. The van der Waals surface area contributed by atoms with Gasteiger partial charge in [0.1, 0.15) is 5.50 Å². The summed E-state index contributed by atoms with van der Waals surface area (Å²) in [6, 6.07) is 0.602. The van der Waals surface area contributed by atoms with E-state index in [9.17, 15) is 0 Å². The highest BCUT2D eigenvalue weighted by Crippen LogP contribution is 2.09. The van der Waals surface area contributed by atoms with Crippen molar-refractivity contribution in [2.75, 3.05) is 20.4 Å². The van der Waals surface area contributed by atoms with E-state index in [1.807, 2.05) is 18.8 Å². The Labute approximate surface area is 68.4 Å². The predicted molar refractivity (Wildman–Crippen MR) is 49.3 cm³/mol. The molecule has 1 unspecified atom stereocenters. The lowest BCUT2D eigenvalue weighted by Crippen LogP contribution is -2.42. The van der Waals surface area contributed by atoms with Crippen LogP contribution >= 0.6 is 11.8 Å². The van der Waals surface area contributed by atoms with Crippen LogP contribution in [0.25, 0.3) is 0 Å². The van der Waals surface area contributed by atoms with Gasteiger partial charge in [-0.05, 0) is 34.2 Å². The van der Waals surface area contributed by atoms with E-state index in [1.54, 1.807) is 0 Å². The van der Waals surface area contributed by atoms with Gasteiger partial charge in [-0.1, -0.05) is 0 Å². The van der Waals surface area contributed by atoms with Gasteiger partial charge in [-0.25, -0.2) is 0 Å². The molecule has 0 aromatic rings. The van der Waals surface area contributed by atoms with Crippen LogP contribution in [0, 0.1) is 0 Å². The molecule has 62 valence electrons. The Morgan fingerprint density at radius 2 is 1.90 bits per heavy atom. The highest BCUT2D eigenvalue weighted by Gasteiger charge is 2.12. The molecule has 0 aliphatic carbocycles. The fourth-order valence-corrected chi connectivity index (χ4v) is 1.57. The van der Waals surface area contributed by atoms with E-state index in [-0.39, 0.29) is 0 Å². The summed E-state index contributed by atoms with van der Waals surface area (Å²) in [5.41, 5.74) is 0.444. The van der Waals surface area contributed by atoms with Gasteiger partial charge in [-0.2, -0.15) is 0 Å². The number of rotatable bonds is 4. The van der Waals surface area contributed by atoms with Gasteiger partial charge >= 0.3 is 0 Å². The van der Waals surface area contributed by atoms with E-state index in [1.165, 1.54) is 0 Å². The van der Waals surface area contributed by atoms with Crippen LogP contribution in [0.2, 0.25) is 0 Å². The van der Waals surface area contributed by atoms with Crippen molar-refractivity contribution in [1.29, 1.82) is 0 Å². The molecule has 0 amide bonds. The summed E-state index contributed by atoms with van der Waals surface area (Å²) < 4.78 is 0. The Hall–Kier alpha value is 0.270. The van der Waals surface area contributed by atoms with E-state index in [4.69, 9.17) is 0 Å². The van der Waals surface area contributed by atoms with Gasteiger partial charge in [0.05, 0.1) is 0 Å². The number of nitrogens with one attached hydrogen (secondary N) is 1.